The first kappa shape index (κ1) is 18.1. The van der Waals surface area contributed by atoms with Gasteiger partial charge in [0, 0.05) is 29.9 Å². The molecule has 0 bridgehead atoms. The quantitative estimate of drug-likeness (QED) is 0.543. The number of aryl methyl sites for hydroxylation is 1. The number of hydrogen-bond donors (Lipinski definition) is 2. The molecule has 0 spiro atoms. The zero-order valence-corrected chi connectivity index (χ0v) is 16.2. The molecule has 0 fully saturated rings. The van der Waals surface area contributed by atoms with Gasteiger partial charge in [0.2, 0.25) is 6.35 Å². The van der Waals surface area contributed by atoms with Crippen molar-refractivity contribution in [3.05, 3.63) is 67.1 Å². The van der Waals surface area contributed by atoms with Crippen LogP contribution < -0.4 is 9.80 Å². The number of carboxylic acid groups (broad SMARTS) is 1. The number of anilines is 3. The number of aliphatic hydroxyl groups excluding tert-OH is 1. The highest BCUT2D eigenvalue weighted by Crippen LogP contribution is 2.43. The lowest BCUT2D eigenvalue weighted by molar-refractivity contribution is -0.135. The zero-order chi connectivity index (χ0) is 20.8. The van der Waals surface area contributed by atoms with E-state index in [0.29, 0.717) is 5.69 Å². The molecule has 4 aromatic rings. The Bertz CT molecular complexity index is 1250. The van der Waals surface area contributed by atoms with E-state index in [1.165, 1.54) is 4.90 Å². The molecule has 0 radical (unpaired) electrons. The maximum Gasteiger partial charge on any atom is 0.323 e. The van der Waals surface area contributed by atoms with Crippen LogP contribution >= 0.6 is 0 Å². The van der Waals surface area contributed by atoms with Gasteiger partial charge in [0.25, 0.3) is 0 Å². The highest BCUT2D eigenvalue weighted by molar-refractivity contribution is 5.94. The normalized spacial score (nSPS) is 15.6. The summed E-state index contributed by atoms with van der Waals surface area (Å²) in [6.07, 6.45) is 4.32. The monoisotopic (exact) mass is 401 g/mol. The molecular formula is C22H19N5O3. The molecule has 5 rings (SSSR count). The predicted octanol–water partition coefficient (Wildman–Crippen LogP) is 2.95. The van der Waals surface area contributed by atoms with Crippen molar-refractivity contribution >= 4 is 33.9 Å². The minimum atomic E-state index is -1.10. The zero-order valence-electron chi connectivity index (χ0n) is 16.2. The lowest BCUT2D eigenvalue weighted by atomic mass is 10.0. The van der Waals surface area contributed by atoms with E-state index >= 15 is 0 Å². The molecule has 0 saturated carbocycles. The highest BCUT2D eigenvalue weighted by atomic mass is 16.4. The SMILES string of the molecule is Cn1ncc2c(-c3ccc(N4c5ccccc5N(CC(=O)O)C4O)cc3)cncc21. The number of pyridine rings is 1. The van der Waals surface area contributed by atoms with Crippen LogP contribution in [0.2, 0.25) is 0 Å². The van der Waals surface area contributed by atoms with Crippen LogP contribution in [-0.4, -0.2) is 43.8 Å². The molecule has 2 aromatic carbocycles. The van der Waals surface area contributed by atoms with Crippen molar-refractivity contribution in [1.29, 1.82) is 0 Å². The minimum absolute atomic E-state index is 0.290. The third kappa shape index (κ3) is 2.77. The van der Waals surface area contributed by atoms with Crippen molar-refractivity contribution < 1.29 is 15.0 Å². The van der Waals surface area contributed by atoms with E-state index in [9.17, 15) is 15.0 Å². The average molecular weight is 401 g/mol. The number of fused-ring (bicyclic) bond motifs is 2. The fourth-order valence-electron chi connectivity index (χ4n) is 3.98. The highest BCUT2D eigenvalue weighted by Gasteiger charge is 2.36. The summed E-state index contributed by atoms with van der Waals surface area (Å²) in [4.78, 5) is 18.8. The molecule has 8 heteroatoms. The van der Waals surface area contributed by atoms with Gasteiger partial charge in [-0.05, 0) is 29.8 Å². The summed E-state index contributed by atoms with van der Waals surface area (Å²) in [5.41, 5.74) is 5.11. The Morgan fingerprint density at radius 1 is 1.03 bits per heavy atom. The van der Waals surface area contributed by atoms with E-state index in [0.717, 1.165) is 33.4 Å². The lowest BCUT2D eigenvalue weighted by Crippen LogP contribution is -2.43. The van der Waals surface area contributed by atoms with E-state index in [-0.39, 0.29) is 6.54 Å². The van der Waals surface area contributed by atoms with E-state index in [1.807, 2.05) is 68.0 Å². The van der Waals surface area contributed by atoms with Crippen LogP contribution in [0, 0.1) is 0 Å². The molecule has 3 heterocycles. The van der Waals surface area contributed by atoms with Crippen molar-refractivity contribution in [2.24, 2.45) is 7.05 Å². The van der Waals surface area contributed by atoms with Crippen LogP contribution in [0.3, 0.4) is 0 Å². The van der Waals surface area contributed by atoms with Gasteiger partial charge in [-0.15, -0.1) is 0 Å². The first-order chi connectivity index (χ1) is 14.5. The average Bonchev–Trinajstić information content (AvgIpc) is 3.26. The van der Waals surface area contributed by atoms with Gasteiger partial charge in [0.05, 0.1) is 29.3 Å². The van der Waals surface area contributed by atoms with Crippen molar-refractivity contribution in [3.8, 4) is 11.1 Å². The number of nitrogens with zero attached hydrogens (tertiary/aromatic N) is 5. The van der Waals surface area contributed by atoms with Gasteiger partial charge in [-0.25, -0.2) is 0 Å². The number of aliphatic hydroxyl groups is 1. The Morgan fingerprint density at radius 3 is 2.50 bits per heavy atom. The van der Waals surface area contributed by atoms with E-state index in [4.69, 9.17) is 0 Å². The van der Waals surface area contributed by atoms with Crippen molar-refractivity contribution in [2.45, 2.75) is 6.35 Å². The first-order valence-electron chi connectivity index (χ1n) is 9.45. The molecule has 0 saturated heterocycles. The molecule has 1 unspecified atom stereocenters. The Kier molecular flexibility index (Phi) is 4.14. The number of benzene rings is 2. The summed E-state index contributed by atoms with van der Waals surface area (Å²) < 4.78 is 1.79. The van der Waals surface area contributed by atoms with E-state index in [2.05, 4.69) is 10.1 Å². The molecule has 1 aliphatic heterocycles. The lowest BCUT2D eigenvalue weighted by Gasteiger charge is -2.27. The molecular weight excluding hydrogens is 382 g/mol. The second kappa shape index (κ2) is 6.85. The van der Waals surface area contributed by atoms with Crippen molar-refractivity contribution in [2.75, 3.05) is 16.3 Å². The van der Waals surface area contributed by atoms with E-state index < -0.39 is 12.3 Å². The molecule has 30 heavy (non-hydrogen) atoms. The van der Waals surface area contributed by atoms with Gasteiger partial charge in [-0.1, -0.05) is 24.3 Å². The van der Waals surface area contributed by atoms with Crippen molar-refractivity contribution in [3.63, 3.8) is 0 Å². The number of aromatic nitrogens is 3. The van der Waals surface area contributed by atoms with Gasteiger partial charge >= 0.3 is 5.97 Å². The molecule has 0 aliphatic carbocycles. The third-order valence-corrected chi connectivity index (χ3v) is 5.40. The number of carbonyl (C=O) groups is 1. The van der Waals surface area contributed by atoms with Gasteiger partial charge in [0.15, 0.2) is 0 Å². The van der Waals surface area contributed by atoms with Crippen LogP contribution in [0.4, 0.5) is 17.1 Å². The topological polar surface area (TPSA) is 94.7 Å². The smallest absolute Gasteiger partial charge is 0.323 e. The van der Waals surface area contributed by atoms with E-state index in [1.54, 1.807) is 15.8 Å². The summed E-state index contributed by atoms with van der Waals surface area (Å²) in [5, 5.41) is 25.4. The van der Waals surface area contributed by atoms with Gasteiger partial charge in [0.1, 0.15) is 6.54 Å². The number of rotatable bonds is 4. The first-order valence-corrected chi connectivity index (χ1v) is 9.45. The standard InChI is InChI=1S/C22H19N5O3/c1-25-20-12-23-10-16(17(20)11-24-25)14-6-8-15(9-7-14)27-19-5-3-2-4-18(19)26(22(27)30)13-21(28)29/h2-12,22,30H,13H2,1H3,(H,28,29). The maximum absolute atomic E-state index is 11.3. The Hall–Kier alpha value is -3.91. The summed E-state index contributed by atoms with van der Waals surface area (Å²) in [7, 11) is 1.88. The second-order valence-electron chi connectivity index (χ2n) is 7.16. The van der Waals surface area contributed by atoms with Gasteiger partial charge in [-0.2, -0.15) is 5.10 Å². The van der Waals surface area contributed by atoms with Crippen LogP contribution in [-0.2, 0) is 11.8 Å². The third-order valence-electron chi connectivity index (χ3n) is 5.40. The molecule has 2 N–H and O–H groups in total. The Morgan fingerprint density at radius 2 is 1.77 bits per heavy atom. The Labute approximate surface area is 172 Å². The fourth-order valence-corrected chi connectivity index (χ4v) is 3.98. The summed E-state index contributed by atoms with van der Waals surface area (Å²) in [6.45, 7) is -0.290. The number of hydrogen-bond acceptors (Lipinski definition) is 6. The summed E-state index contributed by atoms with van der Waals surface area (Å²) in [6, 6.07) is 15.1. The Balaban J connectivity index is 1.53. The molecule has 0 amide bonds. The predicted molar refractivity (Wildman–Crippen MR) is 114 cm³/mol. The van der Waals surface area contributed by atoms with Crippen LogP contribution in [0.5, 0.6) is 0 Å². The molecule has 150 valence electrons. The molecule has 2 aromatic heterocycles. The van der Waals surface area contributed by atoms with Crippen molar-refractivity contribution in [1.82, 2.24) is 14.8 Å². The number of carboxylic acids is 1. The number of para-hydroxylation sites is 2. The summed E-state index contributed by atoms with van der Waals surface area (Å²) >= 11 is 0. The molecule has 8 nitrogen and oxygen atoms in total. The van der Waals surface area contributed by atoms with Crippen LogP contribution in [0.15, 0.2) is 67.1 Å². The van der Waals surface area contributed by atoms with Crippen LogP contribution in [0.25, 0.3) is 22.0 Å². The molecule has 1 aliphatic rings. The largest absolute Gasteiger partial charge is 0.480 e. The minimum Gasteiger partial charge on any atom is -0.480 e. The fraction of sp³-hybridized carbons (Fsp3) is 0.136. The summed E-state index contributed by atoms with van der Waals surface area (Å²) in [5.74, 6) is -1.00. The van der Waals surface area contributed by atoms with Gasteiger partial charge in [-0.3, -0.25) is 19.4 Å². The van der Waals surface area contributed by atoms with Gasteiger partial charge < -0.3 is 15.1 Å². The molecule has 1 atom stereocenters. The second-order valence-corrected chi connectivity index (χ2v) is 7.16. The number of aliphatic carboxylic acids is 1. The maximum atomic E-state index is 11.3. The van der Waals surface area contributed by atoms with Crippen LogP contribution in [0.1, 0.15) is 0 Å².